The SMILES string of the molecule is O=C(CSCCO)N1c2ccccc2SC[C@@H]1c1ccccc1. The summed E-state index contributed by atoms with van der Waals surface area (Å²) in [5, 5.41) is 8.93. The number of para-hydroxylation sites is 1. The van der Waals surface area contributed by atoms with Crippen LogP contribution in [0.4, 0.5) is 5.69 Å². The lowest BCUT2D eigenvalue weighted by Gasteiger charge is -2.37. The van der Waals surface area contributed by atoms with Gasteiger partial charge in [0, 0.05) is 16.4 Å². The molecule has 2 aromatic carbocycles. The van der Waals surface area contributed by atoms with E-state index in [1.807, 2.05) is 41.3 Å². The zero-order valence-corrected chi connectivity index (χ0v) is 14.4. The van der Waals surface area contributed by atoms with Crippen molar-refractivity contribution in [2.45, 2.75) is 10.9 Å². The van der Waals surface area contributed by atoms with E-state index in [9.17, 15) is 4.79 Å². The summed E-state index contributed by atoms with van der Waals surface area (Å²) in [5.74, 6) is 1.94. The summed E-state index contributed by atoms with van der Waals surface area (Å²) in [4.78, 5) is 15.9. The molecule has 0 fully saturated rings. The Balaban J connectivity index is 1.92. The van der Waals surface area contributed by atoms with Crippen LogP contribution >= 0.6 is 23.5 Å². The molecule has 120 valence electrons. The van der Waals surface area contributed by atoms with Crippen molar-refractivity contribution in [3.8, 4) is 0 Å². The molecule has 0 unspecified atom stereocenters. The highest BCUT2D eigenvalue weighted by atomic mass is 32.2. The summed E-state index contributed by atoms with van der Waals surface area (Å²) in [5.41, 5.74) is 2.15. The molecule has 0 aromatic heterocycles. The molecule has 0 bridgehead atoms. The predicted molar refractivity (Wildman–Crippen MR) is 98.2 cm³/mol. The molecular formula is C18H19NO2S2. The molecule has 0 saturated heterocycles. The average molecular weight is 345 g/mol. The lowest BCUT2D eigenvalue weighted by molar-refractivity contribution is -0.116. The van der Waals surface area contributed by atoms with Crippen LogP contribution in [0.3, 0.4) is 0 Å². The number of amides is 1. The molecule has 0 spiro atoms. The zero-order valence-electron chi connectivity index (χ0n) is 12.7. The highest BCUT2D eigenvalue weighted by molar-refractivity contribution is 8.00. The van der Waals surface area contributed by atoms with Gasteiger partial charge < -0.3 is 10.0 Å². The van der Waals surface area contributed by atoms with Crippen LogP contribution in [0.1, 0.15) is 11.6 Å². The van der Waals surface area contributed by atoms with Crippen LogP contribution < -0.4 is 4.90 Å². The van der Waals surface area contributed by atoms with E-state index in [2.05, 4.69) is 18.2 Å². The fourth-order valence-electron chi connectivity index (χ4n) is 2.71. The van der Waals surface area contributed by atoms with E-state index in [-0.39, 0.29) is 18.6 Å². The molecule has 5 heteroatoms. The molecule has 1 atom stereocenters. The number of nitrogens with zero attached hydrogens (tertiary/aromatic N) is 1. The van der Waals surface area contributed by atoms with Crippen LogP contribution in [0.2, 0.25) is 0 Å². The zero-order chi connectivity index (χ0) is 16.1. The summed E-state index contributed by atoms with van der Waals surface area (Å²) >= 11 is 3.28. The lowest BCUT2D eigenvalue weighted by atomic mass is 10.1. The van der Waals surface area contributed by atoms with Crippen molar-refractivity contribution in [1.82, 2.24) is 0 Å². The van der Waals surface area contributed by atoms with Gasteiger partial charge in [-0.2, -0.15) is 0 Å². The van der Waals surface area contributed by atoms with E-state index in [0.717, 1.165) is 21.9 Å². The lowest BCUT2D eigenvalue weighted by Crippen LogP contribution is -2.39. The molecular weight excluding hydrogens is 326 g/mol. The highest BCUT2D eigenvalue weighted by Crippen LogP contribution is 2.43. The Hall–Kier alpha value is -1.43. The number of hydrogen-bond donors (Lipinski definition) is 1. The Labute approximate surface area is 145 Å². The standard InChI is InChI=1S/C18H19NO2S2/c20-10-11-22-13-18(21)19-15-8-4-5-9-17(15)23-12-16(19)14-6-2-1-3-7-14/h1-9,16,20H,10-13H2/t16-/m1/s1. The van der Waals surface area contributed by atoms with Gasteiger partial charge in [0.25, 0.3) is 0 Å². The van der Waals surface area contributed by atoms with Crippen molar-refractivity contribution in [3.05, 3.63) is 60.2 Å². The first-order valence-electron chi connectivity index (χ1n) is 7.58. The van der Waals surface area contributed by atoms with Crippen molar-refractivity contribution in [3.63, 3.8) is 0 Å². The topological polar surface area (TPSA) is 40.5 Å². The van der Waals surface area contributed by atoms with Gasteiger partial charge in [-0.3, -0.25) is 4.79 Å². The minimum absolute atomic E-state index is 0.0540. The average Bonchev–Trinajstić information content (AvgIpc) is 2.61. The van der Waals surface area contributed by atoms with Gasteiger partial charge >= 0.3 is 0 Å². The van der Waals surface area contributed by atoms with Crippen molar-refractivity contribution in [2.75, 3.05) is 28.8 Å². The molecule has 0 saturated carbocycles. The Kier molecular flexibility index (Phi) is 5.65. The number of fused-ring (bicyclic) bond motifs is 1. The van der Waals surface area contributed by atoms with Crippen molar-refractivity contribution >= 4 is 35.1 Å². The Morgan fingerprint density at radius 3 is 2.70 bits per heavy atom. The molecule has 1 heterocycles. The van der Waals surface area contributed by atoms with E-state index in [1.165, 1.54) is 11.8 Å². The second kappa shape index (κ2) is 7.90. The molecule has 3 rings (SSSR count). The molecule has 1 amide bonds. The number of aliphatic hydroxyl groups is 1. The van der Waals surface area contributed by atoms with E-state index in [1.54, 1.807) is 11.8 Å². The van der Waals surface area contributed by atoms with E-state index < -0.39 is 0 Å². The Morgan fingerprint density at radius 2 is 1.91 bits per heavy atom. The van der Waals surface area contributed by atoms with E-state index in [0.29, 0.717) is 11.5 Å². The molecule has 1 aliphatic rings. The van der Waals surface area contributed by atoms with Gasteiger partial charge in [0.05, 0.1) is 24.1 Å². The third-order valence-electron chi connectivity index (χ3n) is 3.75. The number of rotatable bonds is 5. The molecule has 2 aromatic rings. The van der Waals surface area contributed by atoms with Crippen LogP contribution in [0, 0.1) is 0 Å². The maximum atomic E-state index is 12.8. The van der Waals surface area contributed by atoms with Gasteiger partial charge in [0.1, 0.15) is 0 Å². The maximum absolute atomic E-state index is 12.8. The Morgan fingerprint density at radius 1 is 1.17 bits per heavy atom. The first kappa shape index (κ1) is 16.4. The number of carbonyl (C=O) groups is 1. The van der Waals surface area contributed by atoms with Gasteiger partial charge in [-0.15, -0.1) is 23.5 Å². The number of aliphatic hydroxyl groups excluding tert-OH is 1. The molecule has 0 aliphatic carbocycles. The number of carbonyl (C=O) groups excluding carboxylic acids is 1. The summed E-state index contributed by atoms with van der Waals surface area (Å²) < 4.78 is 0. The van der Waals surface area contributed by atoms with Gasteiger partial charge in [0.2, 0.25) is 5.91 Å². The van der Waals surface area contributed by atoms with Gasteiger partial charge in [-0.1, -0.05) is 42.5 Å². The van der Waals surface area contributed by atoms with Gasteiger partial charge in [-0.25, -0.2) is 0 Å². The number of anilines is 1. The number of benzene rings is 2. The largest absolute Gasteiger partial charge is 0.396 e. The van der Waals surface area contributed by atoms with Crippen molar-refractivity contribution < 1.29 is 9.90 Å². The summed E-state index contributed by atoms with van der Waals surface area (Å²) in [6.45, 7) is 0.104. The number of hydrogen-bond acceptors (Lipinski definition) is 4. The first-order chi connectivity index (χ1) is 11.3. The van der Waals surface area contributed by atoms with E-state index >= 15 is 0 Å². The van der Waals surface area contributed by atoms with E-state index in [4.69, 9.17) is 5.11 Å². The molecule has 1 aliphatic heterocycles. The smallest absolute Gasteiger partial charge is 0.237 e. The van der Waals surface area contributed by atoms with Crippen LogP contribution in [0.25, 0.3) is 0 Å². The molecule has 0 radical (unpaired) electrons. The second-order valence-corrected chi connectivity index (χ2v) is 7.41. The summed E-state index contributed by atoms with van der Waals surface area (Å²) in [6, 6.07) is 18.3. The third-order valence-corrected chi connectivity index (χ3v) is 5.81. The highest BCUT2D eigenvalue weighted by Gasteiger charge is 2.32. The monoisotopic (exact) mass is 345 g/mol. The van der Waals surface area contributed by atoms with Crippen LogP contribution in [-0.4, -0.2) is 34.9 Å². The predicted octanol–water partition coefficient (Wildman–Crippen LogP) is 3.59. The molecule has 23 heavy (non-hydrogen) atoms. The maximum Gasteiger partial charge on any atom is 0.237 e. The normalized spacial score (nSPS) is 16.9. The van der Waals surface area contributed by atoms with Crippen LogP contribution in [0.5, 0.6) is 0 Å². The molecule has 1 N–H and O–H groups in total. The van der Waals surface area contributed by atoms with Crippen LogP contribution in [-0.2, 0) is 4.79 Å². The van der Waals surface area contributed by atoms with Gasteiger partial charge in [0.15, 0.2) is 0 Å². The second-order valence-electron chi connectivity index (χ2n) is 5.25. The minimum Gasteiger partial charge on any atom is -0.396 e. The minimum atomic E-state index is 0.0540. The summed E-state index contributed by atoms with van der Waals surface area (Å²) in [7, 11) is 0. The number of thioether (sulfide) groups is 2. The summed E-state index contributed by atoms with van der Waals surface area (Å²) in [6.07, 6.45) is 0. The quantitative estimate of drug-likeness (QED) is 0.841. The van der Waals surface area contributed by atoms with Gasteiger partial charge in [-0.05, 0) is 17.7 Å². The Bertz CT molecular complexity index is 663. The fourth-order valence-corrected chi connectivity index (χ4v) is 4.47. The van der Waals surface area contributed by atoms with Crippen LogP contribution in [0.15, 0.2) is 59.5 Å². The third kappa shape index (κ3) is 3.74. The first-order valence-corrected chi connectivity index (χ1v) is 9.72. The van der Waals surface area contributed by atoms with Crippen molar-refractivity contribution in [1.29, 1.82) is 0 Å². The molecule has 3 nitrogen and oxygen atoms in total. The fraction of sp³-hybridized carbons (Fsp3) is 0.278. The van der Waals surface area contributed by atoms with Crippen molar-refractivity contribution in [2.24, 2.45) is 0 Å².